The lowest BCUT2D eigenvalue weighted by Gasteiger charge is -2.40. The van der Waals surface area contributed by atoms with Crippen molar-refractivity contribution in [3.63, 3.8) is 0 Å². The number of thiophene rings is 1. The normalized spacial score (nSPS) is 19.3. The third-order valence-electron chi connectivity index (χ3n) is 4.38. The van der Waals surface area contributed by atoms with E-state index in [-0.39, 0.29) is 0 Å². The first kappa shape index (κ1) is 14.0. The molecule has 1 aliphatic rings. The molecule has 3 heteroatoms. The average molecular weight is 266 g/mol. The van der Waals surface area contributed by atoms with Gasteiger partial charge in [-0.15, -0.1) is 11.3 Å². The van der Waals surface area contributed by atoms with Crippen molar-refractivity contribution in [3.8, 4) is 0 Å². The maximum atomic E-state index is 3.49. The van der Waals surface area contributed by atoms with Gasteiger partial charge in [-0.3, -0.25) is 4.90 Å². The van der Waals surface area contributed by atoms with Crippen LogP contribution in [0.3, 0.4) is 0 Å². The van der Waals surface area contributed by atoms with Crippen LogP contribution < -0.4 is 5.32 Å². The Labute approximate surface area is 115 Å². The summed E-state index contributed by atoms with van der Waals surface area (Å²) in [6.07, 6.45) is 3.99. The fourth-order valence-electron chi connectivity index (χ4n) is 2.96. The van der Waals surface area contributed by atoms with Gasteiger partial charge >= 0.3 is 0 Å². The van der Waals surface area contributed by atoms with E-state index in [1.165, 1.54) is 43.8 Å². The predicted octanol–water partition coefficient (Wildman–Crippen LogP) is 3.35. The van der Waals surface area contributed by atoms with Crippen LogP contribution in [0.15, 0.2) is 17.5 Å². The maximum absolute atomic E-state index is 3.49. The van der Waals surface area contributed by atoms with Gasteiger partial charge in [0.2, 0.25) is 0 Å². The number of piperidine rings is 1. The van der Waals surface area contributed by atoms with Crippen LogP contribution in [-0.2, 0) is 6.54 Å². The molecule has 1 saturated heterocycles. The van der Waals surface area contributed by atoms with Crippen molar-refractivity contribution in [2.45, 2.75) is 39.7 Å². The number of nitrogens with one attached hydrogen (secondary N) is 1. The molecule has 18 heavy (non-hydrogen) atoms. The Morgan fingerprint density at radius 3 is 2.67 bits per heavy atom. The predicted molar refractivity (Wildman–Crippen MR) is 80.1 cm³/mol. The summed E-state index contributed by atoms with van der Waals surface area (Å²) in [5.74, 6) is 0. The summed E-state index contributed by atoms with van der Waals surface area (Å²) in [7, 11) is 0. The van der Waals surface area contributed by atoms with Gasteiger partial charge in [-0.25, -0.2) is 0 Å². The lowest BCUT2D eigenvalue weighted by molar-refractivity contribution is 0.106. The van der Waals surface area contributed by atoms with Gasteiger partial charge in [0.05, 0.1) is 0 Å². The van der Waals surface area contributed by atoms with E-state index in [0.29, 0.717) is 5.41 Å². The van der Waals surface area contributed by atoms with E-state index in [2.05, 4.69) is 41.6 Å². The number of hydrogen-bond acceptors (Lipinski definition) is 3. The Morgan fingerprint density at radius 1 is 1.33 bits per heavy atom. The molecule has 1 fully saturated rings. The molecule has 1 aromatic rings. The molecule has 1 aliphatic heterocycles. The quantitative estimate of drug-likeness (QED) is 0.849. The first-order chi connectivity index (χ1) is 8.78. The first-order valence-electron chi connectivity index (χ1n) is 7.23. The standard InChI is InChI=1S/C15H26N2S/c1-3-15(7-9-16-10-8-15)13-17(4-2)12-14-6-5-11-18-14/h5-6,11,16H,3-4,7-10,12-13H2,1-2H3. The Bertz CT molecular complexity index is 328. The topological polar surface area (TPSA) is 15.3 Å². The maximum Gasteiger partial charge on any atom is 0.0328 e. The van der Waals surface area contributed by atoms with E-state index in [4.69, 9.17) is 0 Å². The van der Waals surface area contributed by atoms with E-state index in [0.717, 1.165) is 13.1 Å². The Hall–Kier alpha value is -0.380. The molecule has 0 aromatic carbocycles. The molecule has 0 atom stereocenters. The molecule has 2 heterocycles. The summed E-state index contributed by atoms with van der Waals surface area (Å²) < 4.78 is 0. The summed E-state index contributed by atoms with van der Waals surface area (Å²) in [5, 5.41) is 5.68. The third-order valence-corrected chi connectivity index (χ3v) is 5.24. The van der Waals surface area contributed by atoms with E-state index in [1.54, 1.807) is 0 Å². The molecule has 0 radical (unpaired) electrons. The molecule has 2 nitrogen and oxygen atoms in total. The second kappa shape index (κ2) is 6.69. The van der Waals surface area contributed by atoms with E-state index < -0.39 is 0 Å². The monoisotopic (exact) mass is 266 g/mol. The van der Waals surface area contributed by atoms with Crippen molar-refractivity contribution in [1.29, 1.82) is 0 Å². The minimum absolute atomic E-state index is 0.554. The molecule has 0 aliphatic carbocycles. The second-order valence-corrected chi connectivity index (χ2v) is 6.52. The van der Waals surface area contributed by atoms with E-state index >= 15 is 0 Å². The molecule has 0 spiro atoms. The molecule has 0 unspecified atom stereocenters. The molecular weight excluding hydrogens is 240 g/mol. The summed E-state index contributed by atoms with van der Waals surface area (Å²) in [4.78, 5) is 4.12. The van der Waals surface area contributed by atoms with Crippen molar-refractivity contribution in [3.05, 3.63) is 22.4 Å². The Morgan fingerprint density at radius 2 is 2.11 bits per heavy atom. The van der Waals surface area contributed by atoms with Crippen LogP contribution in [0, 0.1) is 5.41 Å². The molecule has 2 rings (SSSR count). The van der Waals surface area contributed by atoms with E-state index in [1.807, 2.05) is 11.3 Å². The van der Waals surface area contributed by atoms with Crippen molar-refractivity contribution in [2.24, 2.45) is 5.41 Å². The highest BCUT2D eigenvalue weighted by Crippen LogP contribution is 2.33. The lowest BCUT2D eigenvalue weighted by atomic mass is 9.76. The fourth-order valence-corrected chi connectivity index (χ4v) is 3.70. The highest BCUT2D eigenvalue weighted by atomic mass is 32.1. The van der Waals surface area contributed by atoms with Gasteiger partial charge in [-0.05, 0) is 55.8 Å². The molecular formula is C15H26N2S. The van der Waals surface area contributed by atoms with Crippen LogP contribution in [0.2, 0.25) is 0 Å². The summed E-state index contributed by atoms with van der Waals surface area (Å²) in [5.41, 5.74) is 0.554. The Kier molecular flexibility index (Phi) is 5.22. The van der Waals surface area contributed by atoms with Gasteiger partial charge in [0.15, 0.2) is 0 Å². The summed E-state index contributed by atoms with van der Waals surface area (Å²) in [6.45, 7) is 10.6. The molecule has 0 saturated carbocycles. The van der Waals surface area contributed by atoms with Gasteiger partial charge in [-0.1, -0.05) is 19.9 Å². The van der Waals surface area contributed by atoms with Crippen LogP contribution in [0.25, 0.3) is 0 Å². The van der Waals surface area contributed by atoms with Crippen LogP contribution in [-0.4, -0.2) is 31.1 Å². The molecule has 1 aromatic heterocycles. The van der Waals surface area contributed by atoms with E-state index in [9.17, 15) is 0 Å². The highest BCUT2D eigenvalue weighted by molar-refractivity contribution is 7.09. The first-order valence-corrected chi connectivity index (χ1v) is 8.11. The lowest BCUT2D eigenvalue weighted by Crippen LogP contribution is -2.44. The fraction of sp³-hybridized carbons (Fsp3) is 0.733. The molecule has 0 bridgehead atoms. The van der Waals surface area contributed by atoms with Crippen LogP contribution >= 0.6 is 11.3 Å². The van der Waals surface area contributed by atoms with Crippen molar-refractivity contribution in [1.82, 2.24) is 10.2 Å². The van der Waals surface area contributed by atoms with Crippen LogP contribution in [0.1, 0.15) is 38.0 Å². The minimum atomic E-state index is 0.554. The number of nitrogens with zero attached hydrogens (tertiary/aromatic N) is 1. The van der Waals surface area contributed by atoms with Gasteiger partial charge in [0.1, 0.15) is 0 Å². The minimum Gasteiger partial charge on any atom is -0.317 e. The van der Waals surface area contributed by atoms with Crippen LogP contribution in [0.4, 0.5) is 0 Å². The van der Waals surface area contributed by atoms with Gasteiger partial charge in [0, 0.05) is 18.0 Å². The smallest absolute Gasteiger partial charge is 0.0328 e. The SMILES string of the molecule is CCN(Cc1cccs1)CC1(CC)CCNCC1. The summed E-state index contributed by atoms with van der Waals surface area (Å²) >= 11 is 1.88. The Balaban J connectivity index is 1.95. The van der Waals surface area contributed by atoms with Gasteiger partial charge in [-0.2, -0.15) is 0 Å². The average Bonchev–Trinajstić information content (AvgIpc) is 2.92. The van der Waals surface area contributed by atoms with Gasteiger partial charge in [0.25, 0.3) is 0 Å². The van der Waals surface area contributed by atoms with Crippen molar-refractivity contribution in [2.75, 3.05) is 26.2 Å². The molecule has 1 N–H and O–H groups in total. The number of rotatable bonds is 6. The number of hydrogen-bond donors (Lipinski definition) is 1. The van der Waals surface area contributed by atoms with Gasteiger partial charge < -0.3 is 5.32 Å². The van der Waals surface area contributed by atoms with Crippen LogP contribution in [0.5, 0.6) is 0 Å². The molecule has 102 valence electrons. The largest absolute Gasteiger partial charge is 0.317 e. The highest BCUT2D eigenvalue weighted by Gasteiger charge is 2.31. The second-order valence-electron chi connectivity index (χ2n) is 5.49. The van der Waals surface area contributed by atoms with Crippen molar-refractivity contribution < 1.29 is 0 Å². The zero-order chi connectivity index (χ0) is 12.8. The summed E-state index contributed by atoms with van der Waals surface area (Å²) in [6, 6.07) is 4.42. The zero-order valence-electron chi connectivity index (χ0n) is 11.7. The third kappa shape index (κ3) is 3.56. The zero-order valence-corrected chi connectivity index (χ0v) is 12.6. The van der Waals surface area contributed by atoms with Crippen molar-refractivity contribution >= 4 is 11.3 Å². The molecule has 0 amide bonds.